The van der Waals surface area contributed by atoms with Gasteiger partial charge in [-0.2, -0.15) is 0 Å². The molecule has 2 N–H and O–H groups in total. The number of benzene rings is 1. The maximum Gasteiger partial charge on any atom is 0.286 e. The predicted octanol–water partition coefficient (Wildman–Crippen LogP) is 2.05. The van der Waals surface area contributed by atoms with Gasteiger partial charge in [0.15, 0.2) is 0 Å². The molecule has 1 aliphatic heterocycles. The molecule has 6 heteroatoms. The van der Waals surface area contributed by atoms with Gasteiger partial charge in [-0.1, -0.05) is 17.8 Å². The zero-order valence-electron chi connectivity index (χ0n) is 8.07. The first-order chi connectivity index (χ1) is 7.56. The number of carbonyl (C=O) groups is 2. The molecule has 4 nitrogen and oxygen atoms in total. The summed E-state index contributed by atoms with van der Waals surface area (Å²) in [5.74, 6) is -0.0949. The molecule has 2 amide bonds. The van der Waals surface area contributed by atoms with E-state index in [4.69, 9.17) is 0 Å². The fourth-order valence-corrected chi connectivity index (χ4v) is 2.70. The Morgan fingerprint density at radius 2 is 2.19 bits per heavy atom. The fourth-order valence-electron chi connectivity index (χ4n) is 1.42. The van der Waals surface area contributed by atoms with Gasteiger partial charge in [0.2, 0.25) is 5.91 Å². The Hall–Kier alpha value is -1.01. The Bertz CT molecular complexity index is 463. The first kappa shape index (κ1) is 11.5. The Kier molecular flexibility index (Phi) is 3.20. The molecule has 1 fully saturated rings. The number of thioether (sulfide) groups is 1. The average Bonchev–Trinajstić information content (AvgIpc) is 2.51. The van der Waals surface area contributed by atoms with Crippen LogP contribution in [0.5, 0.6) is 5.75 Å². The van der Waals surface area contributed by atoms with E-state index in [2.05, 4.69) is 21.2 Å². The van der Waals surface area contributed by atoms with Crippen LogP contribution in [0.15, 0.2) is 22.7 Å². The maximum absolute atomic E-state index is 11.3. The highest BCUT2D eigenvalue weighted by molar-refractivity contribution is 9.10. The van der Waals surface area contributed by atoms with Gasteiger partial charge in [-0.3, -0.25) is 14.9 Å². The van der Waals surface area contributed by atoms with Gasteiger partial charge in [0.05, 0.1) is 9.72 Å². The van der Waals surface area contributed by atoms with E-state index < -0.39 is 0 Å². The monoisotopic (exact) mass is 301 g/mol. The molecule has 0 radical (unpaired) electrons. The first-order valence-electron chi connectivity index (χ1n) is 4.55. The summed E-state index contributed by atoms with van der Waals surface area (Å²) >= 11 is 4.20. The molecule has 0 aromatic heterocycles. The summed E-state index contributed by atoms with van der Waals surface area (Å²) in [6.45, 7) is 0. The highest BCUT2D eigenvalue weighted by Crippen LogP contribution is 2.28. The second kappa shape index (κ2) is 4.47. The third-order valence-corrected chi connectivity index (χ3v) is 3.82. The number of imide groups is 1. The normalized spacial score (nSPS) is 19.9. The van der Waals surface area contributed by atoms with E-state index in [1.807, 2.05) is 0 Å². The number of halogens is 1. The highest BCUT2D eigenvalue weighted by Gasteiger charge is 2.31. The van der Waals surface area contributed by atoms with Crippen LogP contribution in [0.25, 0.3) is 0 Å². The van der Waals surface area contributed by atoms with Crippen LogP contribution >= 0.6 is 27.7 Å². The van der Waals surface area contributed by atoms with Crippen LogP contribution in [0.3, 0.4) is 0 Å². The van der Waals surface area contributed by atoms with E-state index >= 15 is 0 Å². The Labute approximate surface area is 105 Å². The fraction of sp³-hybridized carbons (Fsp3) is 0.200. The summed E-state index contributed by atoms with van der Waals surface area (Å²) in [6, 6.07) is 5.03. The van der Waals surface area contributed by atoms with Crippen LogP contribution in [0.1, 0.15) is 5.56 Å². The summed E-state index contributed by atoms with van der Waals surface area (Å²) in [5.41, 5.74) is 0.895. The molecule has 1 aromatic rings. The molecule has 1 heterocycles. The van der Waals surface area contributed by atoms with Gasteiger partial charge < -0.3 is 5.11 Å². The number of rotatable bonds is 2. The van der Waals surface area contributed by atoms with E-state index in [1.54, 1.807) is 18.2 Å². The van der Waals surface area contributed by atoms with Crippen molar-refractivity contribution in [2.24, 2.45) is 0 Å². The van der Waals surface area contributed by atoms with Crippen molar-refractivity contribution in [1.82, 2.24) is 5.32 Å². The largest absolute Gasteiger partial charge is 0.507 e. The number of hydrogen-bond acceptors (Lipinski definition) is 4. The minimum atomic E-state index is -0.371. The smallest absolute Gasteiger partial charge is 0.286 e. The molecule has 0 unspecified atom stereocenters. The molecule has 0 aliphatic carbocycles. The summed E-state index contributed by atoms with van der Waals surface area (Å²) in [5, 5.41) is 10.9. The molecule has 1 atom stereocenters. The lowest BCUT2D eigenvalue weighted by Crippen LogP contribution is -2.25. The second-order valence-corrected chi connectivity index (χ2v) is 5.40. The molecule has 1 aliphatic rings. The number of phenols is 1. The lowest BCUT2D eigenvalue weighted by atomic mass is 10.1. The predicted molar refractivity (Wildman–Crippen MR) is 64.4 cm³/mol. The zero-order chi connectivity index (χ0) is 11.7. The molecule has 1 aromatic carbocycles. The topological polar surface area (TPSA) is 66.4 Å². The van der Waals surface area contributed by atoms with Gasteiger partial charge >= 0.3 is 0 Å². The quantitative estimate of drug-likeness (QED) is 0.877. The average molecular weight is 302 g/mol. The van der Waals surface area contributed by atoms with Crippen molar-refractivity contribution in [3.63, 3.8) is 0 Å². The maximum atomic E-state index is 11.3. The van der Waals surface area contributed by atoms with Crippen LogP contribution in [-0.4, -0.2) is 21.5 Å². The SMILES string of the molecule is O=C1NC(=O)[C@H](Cc2ccc(O)c(Br)c2)S1. The minimum absolute atomic E-state index is 0.156. The van der Waals surface area contributed by atoms with E-state index in [9.17, 15) is 14.7 Å². The number of nitrogens with one attached hydrogen (secondary N) is 1. The van der Waals surface area contributed by atoms with Gasteiger partial charge in [0.25, 0.3) is 5.24 Å². The van der Waals surface area contributed by atoms with Crippen molar-refractivity contribution < 1.29 is 14.7 Å². The third kappa shape index (κ3) is 2.38. The molecule has 0 saturated carbocycles. The summed E-state index contributed by atoms with van der Waals surface area (Å²) < 4.78 is 0.583. The van der Waals surface area contributed by atoms with Crippen LogP contribution < -0.4 is 5.32 Å². The summed E-state index contributed by atoms with van der Waals surface area (Å²) in [4.78, 5) is 22.3. The van der Waals surface area contributed by atoms with Gasteiger partial charge in [0, 0.05) is 0 Å². The Morgan fingerprint density at radius 1 is 1.44 bits per heavy atom. The first-order valence-corrected chi connectivity index (χ1v) is 6.22. The molecule has 84 valence electrons. The molecular formula is C10H8BrNO3S. The van der Waals surface area contributed by atoms with Crippen molar-refractivity contribution in [2.45, 2.75) is 11.7 Å². The van der Waals surface area contributed by atoms with Crippen molar-refractivity contribution >= 4 is 38.8 Å². The zero-order valence-corrected chi connectivity index (χ0v) is 10.5. The van der Waals surface area contributed by atoms with Gasteiger partial charge in [-0.25, -0.2) is 0 Å². The number of carbonyl (C=O) groups excluding carboxylic acids is 2. The summed E-state index contributed by atoms with van der Waals surface area (Å²) in [6.07, 6.45) is 0.473. The third-order valence-electron chi connectivity index (χ3n) is 2.20. The van der Waals surface area contributed by atoms with Crippen molar-refractivity contribution in [2.75, 3.05) is 0 Å². The number of aromatic hydroxyl groups is 1. The van der Waals surface area contributed by atoms with E-state index in [-0.39, 0.29) is 22.1 Å². The molecular weight excluding hydrogens is 294 g/mol. The van der Waals surface area contributed by atoms with Gasteiger partial charge in [-0.05, 0) is 40.0 Å². The van der Waals surface area contributed by atoms with E-state index in [0.29, 0.717) is 10.9 Å². The number of phenolic OH excluding ortho intramolecular Hbond substituents is 1. The van der Waals surface area contributed by atoms with E-state index in [1.165, 1.54) is 0 Å². The van der Waals surface area contributed by atoms with Crippen LogP contribution in [0.2, 0.25) is 0 Å². The van der Waals surface area contributed by atoms with E-state index in [0.717, 1.165) is 17.3 Å². The van der Waals surface area contributed by atoms with Gasteiger partial charge in [0.1, 0.15) is 5.75 Å². The van der Waals surface area contributed by atoms with Crippen LogP contribution in [0, 0.1) is 0 Å². The summed E-state index contributed by atoms with van der Waals surface area (Å²) in [7, 11) is 0. The Balaban J connectivity index is 2.12. The van der Waals surface area contributed by atoms with Crippen molar-refractivity contribution in [3.05, 3.63) is 28.2 Å². The Morgan fingerprint density at radius 3 is 2.75 bits per heavy atom. The second-order valence-electron chi connectivity index (χ2n) is 3.37. The lowest BCUT2D eigenvalue weighted by Gasteiger charge is -2.06. The molecule has 16 heavy (non-hydrogen) atoms. The van der Waals surface area contributed by atoms with Crippen LogP contribution in [0.4, 0.5) is 4.79 Å². The molecule has 2 rings (SSSR count). The van der Waals surface area contributed by atoms with Crippen molar-refractivity contribution in [1.29, 1.82) is 0 Å². The van der Waals surface area contributed by atoms with Crippen LogP contribution in [-0.2, 0) is 11.2 Å². The molecule has 0 bridgehead atoms. The number of hydrogen-bond donors (Lipinski definition) is 2. The minimum Gasteiger partial charge on any atom is -0.507 e. The lowest BCUT2D eigenvalue weighted by molar-refractivity contribution is -0.118. The van der Waals surface area contributed by atoms with Gasteiger partial charge in [-0.15, -0.1) is 0 Å². The molecule has 1 saturated heterocycles. The highest BCUT2D eigenvalue weighted by atomic mass is 79.9. The molecule has 0 spiro atoms. The number of amides is 2. The standard InChI is InChI=1S/C10H8BrNO3S/c11-6-3-5(1-2-7(6)13)4-8-9(14)12-10(15)16-8/h1-3,8,13H,4H2,(H,12,14,15)/t8-/m0/s1. The van der Waals surface area contributed by atoms with Crippen molar-refractivity contribution in [3.8, 4) is 5.75 Å².